The average molecular weight is 289 g/mol. The smallest absolute Gasteiger partial charge is 0.273 e. The molecule has 0 radical (unpaired) electrons. The van der Waals surface area contributed by atoms with E-state index in [1.54, 1.807) is 19.1 Å². The number of nitrogens with one attached hydrogen (secondary N) is 1. The van der Waals surface area contributed by atoms with E-state index in [0.29, 0.717) is 17.0 Å². The van der Waals surface area contributed by atoms with E-state index in [1.165, 1.54) is 6.07 Å². The zero-order valence-corrected chi connectivity index (χ0v) is 12.0. The van der Waals surface area contributed by atoms with Gasteiger partial charge in [-0.2, -0.15) is 0 Å². The Kier molecular flexibility index (Phi) is 3.63. The lowest BCUT2D eigenvalue weighted by Crippen LogP contribution is -2.57. The van der Waals surface area contributed by atoms with Crippen LogP contribution in [0.5, 0.6) is 0 Å². The Labute approximate surface area is 123 Å². The van der Waals surface area contributed by atoms with Gasteiger partial charge in [0.25, 0.3) is 11.6 Å². The number of piperidine rings is 3. The third-order valence-corrected chi connectivity index (χ3v) is 4.72. The molecule has 3 heterocycles. The van der Waals surface area contributed by atoms with Crippen LogP contribution < -0.4 is 5.32 Å². The summed E-state index contributed by atoms with van der Waals surface area (Å²) in [6.45, 7) is 4.76. The Hall–Kier alpha value is -1.95. The van der Waals surface area contributed by atoms with Gasteiger partial charge in [0.05, 0.1) is 4.92 Å². The van der Waals surface area contributed by atoms with Crippen molar-refractivity contribution in [1.29, 1.82) is 0 Å². The quantitative estimate of drug-likeness (QED) is 0.679. The Bertz CT molecular complexity index is 580. The fourth-order valence-corrected chi connectivity index (χ4v) is 3.44. The van der Waals surface area contributed by atoms with E-state index in [0.717, 1.165) is 32.5 Å². The second-order valence-electron chi connectivity index (χ2n) is 5.92. The number of hydrogen-bond donors (Lipinski definition) is 1. The van der Waals surface area contributed by atoms with E-state index in [9.17, 15) is 14.9 Å². The Morgan fingerprint density at radius 3 is 2.67 bits per heavy atom. The van der Waals surface area contributed by atoms with Crippen LogP contribution in [0.25, 0.3) is 0 Å². The zero-order chi connectivity index (χ0) is 15.0. The van der Waals surface area contributed by atoms with Gasteiger partial charge in [0.1, 0.15) is 0 Å². The molecule has 6 nitrogen and oxygen atoms in total. The van der Waals surface area contributed by atoms with E-state index >= 15 is 0 Å². The van der Waals surface area contributed by atoms with E-state index < -0.39 is 4.92 Å². The number of carbonyl (C=O) groups excluding carboxylic acids is 1. The topological polar surface area (TPSA) is 75.5 Å². The summed E-state index contributed by atoms with van der Waals surface area (Å²) in [4.78, 5) is 25.3. The molecule has 2 bridgehead atoms. The van der Waals surface area contributed by atoms with E-state index in [2.05, 4.69) is 10.2 Å². The standard InChI is InChI=1S/C15H19N3O3/c1-10-12(3-2-4-14(10)18(20)21)15(19)16-13-9-17-7-5-11(13)6-8-17/h2-4,11,13H,5-9H2,1H3,(H,16,19). The van der Waals surface area contributed by atoms with Crippen LogP contribution in [0.1, 0.15) is 28.8 Å². The number of benzene rings is 1. The molecule has 112 valence electrons. The van der Waals surface area contributed by atoms with Gasteiger partial charge in [-0.1, -0.05) is 6.07 Å². The summed E-state index contributed by atoms with van der Waals surface area (Å²) in [5.74, 6) is 0.341. The van der Waals surface area contributed by atoms with Crippen LogP contribution in [-0.4, -0.2) is 41.4 Å². The van der Waals surface area contributed by atoms with Crippen LogP contribution in [0, 0.1) is 23.0 Å². The minimum absolute atomic E-state index is 0.00318. The number of carbonyl (C=O) groups is 1. The summed E-state index contributed by atoms with van der Waals surface area (Å²) >= 11 is 0. The fourth-order valence-electron chi connectivity index (χ4n) is 3.44. The molecule has 1 unspecified atom stereocenters. The highest BCUT2D eigenvalue weighted by molar-refractivity contribution is 5.96. The first-order chi connectivity index (χ1) is 10.1. The number of nitro groups is 1. The largest absolute Gasteiger partial charge is 0.348 e. The number of fused-ring (bicyclic) bond motifs is 3. The molecule has 1 atom stereocenters. The van der Waals surface area contributed by atoms with Gasteiger partial charge in [0.15, 0.2) is 0 Å². The molecule has 3 fully saturated rings. The molecule has 0 spiro atoms. The summed E-state index contributed by atoms with van der Waals surface area (Å²) in [7, 11) is 0. The number of nitro benzene ring substituents is 1. The van der Waals surface area contributed by atoms with Crippen molar-refractivity contribution in [3.8, 4) is 0 Å². The van der Waals surface area contributed by atoms with Gasteiger partial charge in [-0.3, -0.25) is 14.9 Å². The molecule has 1 aromatic rings. The molecular weight excluding hydrogens is 270 g/mol. The zero-order valence-electron chi connectivity index (χ0n) is 12.0. The first-order valence-corrected chi connectivity index (χ1v) is 7.33. The highest BCUT2D eigenvalue weighted by Gasteiger charge is 2.35. The van der Waals surface area contributed by atoms with Gasteiger partial charge in [-0.05, 0) is 44.8 Å². The van der Waals surface area contributed by atoms with Crippen molar-refractivity contribution in [2.75, 3.05) is 19.6 Å². The monoisotopic (exact) mass is 289 g/mol. The highest BCUT2D eigenvalue weighted by atomic mass is 16.6. The average Bonchev–Trinajstić information content (AvgIpc) is 2.48. The molecule has 0 saturated carbocycles. The lowest BCUT2D eigenvalue weighted by Gasteiger charge is -2.44. The second kappa shape index (κ2) is 5.44. The maximum atomic E-state index is 12.4. The van der Waals surface area contributed by atoms with Gasteiger partial charge in [0, 0.05) is 29.8 Å². The summed E-state index contributed by atoms with van der Waals surface area (Å²) < 4.78 is 0. The van der Waals surface area contributed by atoms with Crippen molar-refractivity contribution in [3.05, 3.63) is 39.4 Å². The van der Waals surface area contributed by atoms with Crippen molar-refractivity contribution >= 4 is 11.6 Å². The summed E-state index contributed by atoms with van der Waals surface area (Å²) in [6.07, 6.45) is 2.25. The minimum atomic E-state index is -0.444. The maximum absolute atomic E-state index is 12.4. The van der Waals surface area contributed by atoms with Crippen LogP contribution in [0.4, 0.5) is 5.69 Å². The molecule has 3 aliphatic rings. The summed E-state index contributed by atoms with van der Waals surface area (Å²) in [5, 5.41) is 14.0. The normalized spacial score (nSPS) is 27.4. The van der Waals surface area contributed by atoms with E-state index in [-0.39, 0.29) is 17.6 Å². The summed E-state index contributed by atoms with van der Waals surface area (Å²) in [5.41, 5.74) is 0.832. The van der Waals surface area contributed by atoms with Crippen molar-refractivity contribution in [2.45, 2.75) is 25.8 Å². The predicted molar refractivity (Wildman–Crippen MR) is 78.3 cm³/mol. The molecule has 0 aliphatic carbocycles. The molecule has 1 amide bonds. The number of hydrogen-bond acceptors (Lipinski definition) is 4. The first kappa shape index (κ1) is 14.0. The molecule has 21 heavy (non-hydrogen) atoms. The third kappa shape index (κ3) is 2.63. The predicted octanol–water partition coefficient (Wildman–Crippen LogP) is 1.73. The van der Waals surface area contributed by atoms with Crippen LogP contribution in [0.3, 0.4) is 0 Å². The number of rotatable bonds is 3. The van der Waals surface area contributed by atoms with Gasteiger partial charge in [-0.15, -0.1) is 0 Å². The maximum Gasteiger partial charge on any atom is 0.273 e. The van der Waals surface area contributed by atoms with Gasteiger partial charge in [0.2, 0.25) is 0 Å². The van der Waals surface area contributed by atoms with Crippen LogP contribution >= 0.6 is 0 Å². The highest BCUT2D eigenvalue weighted by Crippen LogP contribution is 2.28. The molecule has 1 aromatic carbocycles. The van der Waals surface area contributed by atoms with Crippen molar-refractivity contribution < 1.29 is 9.72 Å². The Morgan fingerprint density at radius 2 is 2.10 bits per heavy atom. The van der Waals surface area contributed by atoms with Crippen molar-refractivity contribution in [2.24, 2.45) is 5.92 Å². The number of amides is 1. The molecule has 0 aromatic heterocycles. The minimum Gasteiger partial charge on any atom is -0.348 e. The summed E-state index contributed by atoms with van der Waals surface area (Å²) in [6, 6.07) is 4.81. The molecule has 4 rings (SSSR count). The lowest BCUT2D eigenvalue weighted by atomic mass is 9.84. The molecular formula is C15H19N3O3. The Morgan fingerprint density at radius 1 is 1.38 bits per heavy atom. The first-order valence-electron chi connectivity index (χ1n) is 7.33. The van der Waals surface area contributed by atoms with Gasteiger partial charge < -0.3 is 10.2 Å². The van der Waals surface area contributed by atoms with Crippen LogP contribution in [0.2, 0.25) is 0 Å². The molecule has 3 aliphatic heterocycles. The van der Waals surface area contributed by atoms with Gasteiger partial charge in [-0.25, -0.2) is 0 Å². The molecule has 1 N–H and O–H groups in total. The van der Waals surface area contributed by atoms with E-state index in [1.807, 2.05) is 0 Å². The lowest BCUT2D eigenvalue weighted by molar-refractivity contribution is -0.385. The SMILES string of the molecule is Cc1c(C(=O)NC2CN3CCC2CC3)cccc1[N+](=O)[O-]. The molecule has 6 heteroatoms. The third-order valence-electron chi connectivity index (χ3n) is 4.72. The Balaban J connectivity index is 1.77. The van der Waals surface area contributed by atoms with Crippen molar-refractivity contribution in [1.82, 2.24) is 10.2 Å². The van der Waals surface area contributed by atoms with Gasteiger partial charge >= 0.3 is 0 Å². The fraction of sp³-hybridized carbons (Fsp3) is 0.533. The molecule has 3 saturated heterocycles. The van der Waals surface area contributed by atoms with Crippen molar-refractivity contribution in [3.63, 3.8) is 0 Å². The second-order valence-corrected chi connectivity index (χ2v) is 5.92. The van der Waals surface area contributed by atoms with Crippen LogP contribution in [-0.2, 0) is 0 Å². The van der Waals surface area contributed by atoms with E-state index in [4.69, 9.17) is 0 Å². The number of nitrogens with zero attached hydrogens (tertiary/aromatic N) is 2. The van der Waals surface area contributed by atoms with Crippen LogP contribution in [0.15, 0.2) is 18.2 Å².